The summed E-state index contributed by atoms with van der Waals surface area (Å²) in [6.07, 6.45) is 0. The molecule has 0 atom stereocenters. The van der Waals surface area contributed by atoms with Gasteiger partial charge in [0.05, 0.1) is 0 Å². The Morgan fingerprint density at radius 1 is 1.26 bits per heavy atom. The summed E-state index contributed by atoms with van der Waals surface area (Å²) in [5.41, 5.74) is 6.28. The van der Waals surface area contributed by atoms with Crippen molar-refractivity contribution in [3.63, 3.8) is 0 Å². The molecule has 0 spiro atoms. The van der Waals surface area contributed by atoms with Gasteiger partial charge in [-0.15, -0.1) is 0 Å². The van der Waals surface area contributed by atoms with Gasteiger partial charge in [-0.2, -0.15) is 0 Å². The highest BCUT2D eigenvalue weighted by atomic mass is 35.5. The Hall–Kier alpha value is -2.07. The maximum atomic E-state index is 13.3. The third-order valence-corrected chi connectivity index (χ3v) is 2.71. The first kappa shape index (κ1) is 13.4. The fourth-order valence-corrected chi connectivity index (χ4v) is 1.79. The van der Waals surface area contributed by atoms with Crippen LogP contribution in [-0.4, -0.2) is 5.84 Å². The summed E-state index contributed by atoms with van der Waals surface area (Å²) < 4.78 is 18.8. The maximum Gasteiger partial charge on any atom is 0.124 e. The zero-order chi connectivity index (χ0) is 13.8. The Bertz CT molecular complexity index is 616. The van der Waals surface area contributed by atoms with Crippen LogP contribution in [0.25, 0.3) is 0 Å². The molecule has 0 aliphatic carbocycles. The lowest BCUT2D eigenvalue weighted by molar-refractivity contribution is 0.305. The molecule has 0 amide bonds. The van der Waals surface area contributed by atoms with E-state index in [9.17, 15) is 4.39 Å². The van der Waals surface area contributed by atoms with Gasteiger partial charge in [0.1, 0.15) is 24.0 Å². The third kappa shape index (κ3) is 3.69. The van der Waals surface area contributed by atoms with Crippen LogP contribution in [0.5, 0.6) is 5.75 Å². The summed E-state index contributed by atoms with van der Waals surface area (Å²) in [5, 5.41) is 7.88. The van der Waals surface area contributed by atoms with Crippen LogP contribution in [0.15, 0.2) is 42.5 Å². The lowest BCUT2D eigenvalue weighted by Gasteiger charge is -2.08. The average molecular weight is 279 g/mol. The van der Waals surface area contributed by atoms with Crippen molar-refractivity contribution in [2.75, 3.05) is 0 Å². The minimum atomic E-state index is -0.447. The molecule has 3 nitrogen and oxygen atoms in total. The number of rotatable bonds is 4. The Balaban J connectivity index is 2.13. The van der Waals surface area contributed by atoms with Crippen molar-refractivity contribution in [1.82, 2.24) is 0 Å². The van der Waals surface area contributed by atoms with Crippen LogP contribution in [0.4, 0.5) is 4.39 Å². The van der Waals surface area contributed by atoms with E-state index in [2.05, 4.69) is 0 Å². The molecule has 0 aliphatic heterocycles. The molecular formula is C14H12ClFN2O. The predicted molar refractivity (Wildman–Crippen MR) is 73.2 cm³/mol. The second-order valence-electron chi connectivity index (χ2n) is 4.01. The van der Waals surface area contributed by atoms with Crippen LogP contribution in [0.3, 0.4) is 0 Å². The van der Waals surface area contributed by atoms with E-state index in [1.54, 1.807) is 30.3 Å². The molecule has 2 aromatic rings. The summed E-state index contributed by atoms with van der Waals surface area (Å²) in [4.78, 5) is 0. The van der Waals surface area contributed by atoms with E-state index < -0.39 is 5.82 Å². The molecule has 0 fully saturated rings. The molecule has 0 radical (unpaired) electrons. The van der Waals surface area contributed by atoms with Crippen LogP contribution in [-0.2, 0) is 6.61 Å². The highest BCUT2D eigenvalue weighted by Gasteiger charge is 2.04. The Morgan fingerprint density at radius 2 is 2.05 bits per heavy atom. The van der Waals surface area contributed by atoms with Crippen LogP contribution >= 0.6 is 11.6 Å². The smallest absolute Gasteiger partial charge is 0.124 e. The zero-order valence-corrected chi connectivity index (χ0v) is 10.7. The van der Waals surface area contributed by atoms with Gasteiger partial charge in [0.25, 0.3) is 0 Å². The summed E-state index contributed by atoms with van der Waals surface area (Å²) >= 11 is 5.83. The van der Waals surface area contributed by atoms with E-state index >= 15 is 0 Å². The normalized spacial score (nSPS) is 10.2. The SMILES string of the molecule is N=C(N)c1cc(F)cc(COc2cccc(Cl)c2)c1. The summed E-state index contributed by atoms with van der Waals surface area (Å²) in [6.45, 7) is 0.179. The van der Waals surface area contributed by atoms with E-state index in [-0.39, 0.29) is 12.4 Å². The number of hydrogen-bond donors (Lipinski definition) is 2. The minimum absolute atomic E-state index is 0.177. The number of nitrogen functional groups attached to an aromatic ring is 1. The van der Waals surface area contributed by atoms with Crippen molar-refractivity contribution in [3.8, 4) is 5.75 Å². The lowest BCUT2D eigenvalue weighted by atomic mass is 10.1. The number of nitrogens with one attached hydrogen (secondary N) is 1. The van der Waals surface area contributed by atoms with Gasteiger partial charge in [-0.05, 0) is 42.0 Å². The van der Waals surface area contributed by atoms with E-state index in [0.29, 0.717) is 21.9 Å². The van der Waals surface area contributed by atoms with E-state index in [1.165, 1.54) is 12.1 Å². The second kappa shape index (κ2) is 5.71. The summed E-state index contributed by atoms with van der Waals surface area (Å²) in [5.74, 6) is -0.0259. The summed E-state index contributed by atoms with van der Waals surface area (Å²) in [6, 6.07) is 11.1. The molecular weight excluding hydrogens is 267 g/mol. The molecule has 0 aliphatic rings. The van der Waals surface area contributed by atoms with Gasteiger partial charge < -0.3 is 10.5 Å². The molecule has 2 rings (SSSR count). The predicted octanol–water partition coefficient (Wildman–Crippen LogP) is 3.34. The van der Waals surface area contributed by atoms with Crippen LogP contribution in [0.2, 0.25) is 5.02 Å². The van der Waals surface area contributed by atoms with Crippen LogP contribution in [0, 0.1) is 11.2 Å². The van der Waals surface area contributed by atoms with Gasteiger partial charge >= 0.3 is 0 Å². The largest absolute Gasteiger partial charge is 0.489 e. The number of benzene rings is 2. The minimum Gasteiger partial charge on any atom is -0.489 e. The Morgan fingerprint density at radius 3 is 2.74 bits per heavy atom. The average Bonchev–Trinajstić information content (AvgIpc) is 2.36. The lowest BCUT2D eigenvalue weighted by Crippen LogP contribution is -2.12. The maximum absolute atomic E-state index is 13.3. The van der Waals surface area contributed by atoms with Crippen molar-refractivity contribution < 1.29 is 9.13 Å². The number of ether oxygens (including phenoxy) is 1. The number of nitrogens with two attached hydrogens (primary N) is 1. The monoisotopic (exact) mass is 278 g/mol. The fourth-order valence-electron chi connectivity index (χ4n) is 1.61. The van der Waals surface area contributed by atoms with Crippen LogP contribution < -0.4 is 10.5 Å². The van der Waals surface area contributed by atoms with E-state index in [1.807, 2.05) is 0 Å². The van der Waals surface area contributed by atoms with Crippen molar-refractivity contribution >= 4 is 17.4 Å². The topological polar surface area (TPSA) is 59.1 Å². The van der Waals surface area contributed by atoms with Crippen molar-refractivity contribution in [3.05, 3.63) is 64.4 Å². The molecule has 0 bridgehead atoms. The second-order valence-corrected chi connectivity index (χ2v) is 4.44. The Kier molecular flexibility index (Phi) is 4.02. The molecule has 98 valence electrons. The van der Waals surface area contributed by atoms with Gasteiger partial charge in [0.2, 0.25) is 0 Å². The molecule has 2 aromatic carbocycles. The van der Waals surface area contributed by atoms with Crippen LogP contribution in [0.1, 0.15) is 11.1 Å². The standard InChI is InChI=1S/C14H12ClFN2O/c15-11-2-1-3-13(7-11)19-8-9-4-10(14(17)18)6-12(16)5-9/h1-7H,8H2,(H3,17,18). The van der Waals surface area contributed by atoms with Gasteiger partial charge in [-0.3, -0.25) is 5.41 Å². The van der Waals surface area contributed by atoms with Gasteiger partial charge in [0.15, 0.2) is 0 Å². The van der Waals surface area contributed by atoms with Crippen molar-refractivity contribution in [2.45, 2.75) is 6.61 Å². The molecule has 0 saturated carbocycles. The molecule has 0 aromatic heterocycles. The first-order chi connectivity index (χ1) is 9.04. The fraction of sp³-hybridized carbons (Fsp3) is 0.0714. The number of hydrogen-bond acceptors (Lipinski definition) is 2. The molecule has 3 N–H and O–H groups in total. The zero-order valence-electron chi connectivity index (χ0n) is 9.99. The number of amidine groups is 1. The first-order valence-corrected chi connectivity index (χ1v) is 5.94. The molecule has 0 saturated heterocycles. The number of halogens is 2. The highest BCUT2D eigenvalue weighted by Crippen LogP contribution is 2.19. The van der Waals surface area contributed by atoms with Crippen molar-refractivity contribution in [2.24, 2.45) is 5.73 Å². The molecule has 19 heavy (non-hydrogen) atoms. The third-order valence-electron chi connectivity index (χ3n) is 2.47. The molecule has 0 heterocycles. The summed E-state index contributed by atoms with van der Waals surface area (Å²) in [7, 11) is 0. The van der Waals surface area contributed by atoms with Gasteiger partial charge in [-0.25, -0.2) is 4.39 Å². The molecule has 0 unspecified atom stereocenters. The first-order valence-electron chi connectivity index (χ1n) is 5.57. The van der Waals surface area contributed by atoms with Gasteiger partial charge in [0, 0.05) is 10.6 Å². The van der Waals surface area contributed by atoms with Gasteiger partial charge in [-0.1, -0.05) is 17.7 Å². The van der Waals surface area contributed by atoms with E-state index in [4.69, 9.17) is 27.5 Å². The Labute approximate surface area is 115 Å². The van der Waals surface area contributed by atoms with E-state index in [0.717, 1.165) is 0 Å². The highest BCUT2D eigenvalue weighted by molar-refractivity contribution is 6.30. The quantitative estimate of drug-likeness (QED) is 0.666. The van der Waals surface area contributed by atoms with Crippen molar-refractivity contribution in [1.29, 1.82) is 5.41 Å². The molecule has 5 heteroatoms.